The van der Waals surface area contributed by atoms with Gasteiger partial charge in [0, 0.05) is 37.8 Å². The second-order valence-electron chi connectivity index (χ2n) is 8.19. The predicted molar refractivity (Wildman–Crippen MR) is 125 cm³/mol. The van der Waals surface area contributed by atoms with Gasteiger partial charge in [0.05, 0.1) is 13.3 Å². The minimum Gasteiger partial charge on any atom is -0.497 e. The van der Waals surface area contributed by atoms with Crippen molar-refractivity contribution in [2.75, 3.05) is 13.7 Å². The van der Waals surface area contributed by atoms with Crippen LogP contribution in [0.1, 0.15) is 33.0 Å². The lowest BCUT2D eigenvalue weighted by atomic mass is 9.86. The molecule has 1 aromatic heterocycles. The van der Waals surface area contributed by atoms with Crippen LogP contribution in [0, 0.1) is 0 Å². The van der Waals surface area contributed by atoms with Gasteiger partial charge in [0.1, 0.15) is 5.75 Å². The van der Waals surface area contributed by atoms with Crippen LogP contribution in [0.2, 0.25) is 0 Å². The molecule has 1 atom stereocenters. The SMILES string of the molecule is COc1cccc(-c2ccc(C(=O)N3Cc4ccccc4C(c4cnn(C)c4)C3)cc2)c1. The molecule has 0 bridgehead atoms. The van der Waals surface area contributed by atoms with Crippen LogP contribution in [0.25, 0.3) is 11.1 Å². The molecule has 0 radical (unpaired) electrons. The van der Waals surface area contributed by atoms with E-state index in [0.29, 0.717) is 18.7 Å². The second kappa shape index (κ2) is 8.35. The van der Waals surface area contributed by atoms with E-state index in [4.69, 9.17) is 4.74 Å². The van der Waals surface area contributed by atoms with Crippen LogP contribution in [-0.4, -0.2) is 34.2 Å². The van der Waals surface area contributed by atoms with Crippen LogP contribution in [0.5, 0.6) is 5.75 Å². The Kier molecular flexibility index (Phi) is 5.23. The summed E-state index contributed by atoms with van der Waals surface area (Å²) in [5.41, 5.74) is 6.41. The number of carbonyl (C=O) groups is 1. The van der Waals surface area contributed by atoms with Crippen molar-refractivity contribution in [2.45, 2.75) is 12.5 Å². The number of aryl methyl sites for hydroxylation is 1. The molecular weight excluding hydrogens is 398 g/mol. The summed E-state index contributed by atoms with van der Waals surface area (Å²) < 4.78 is 7.14. The molecule has 1 unspecified atom stereocenters. The second-order valence-corrected chi connectivity index (χ2v) is 8.19. The number of hydrogen-bond acceptors (Lipinski definition) is 3. The summed E-state index contributed by atoms with van der Waals surface area (Å²) in [7, 11) is 3.58. The fourth-order valence-corrected chi connectivity index (χ4v) is 4.46. The van der Waals surface area contributed by atoms with Crippen molar-refractivity contribution >= 4 is 5.91 Å². The first-order valence-electron chi connectivity index (χ1n) is 10.7. The lowest BCUT2D eigenvalue weighted by Gasteiger charge is -2.34. The normalized spacial score (nSPS) is 15.3. The molecule has 0 saturated carbocycles. The largest absolute Gasteiger partial charge is 0.497 e. The van der Waals surface area contributed by atoms with Crippen molar-refractivity contribution in [2.24, 2.45) is 7.05 Å². The third-order valence-corrected chi connectivity index (χ3v) is 6.14. The maximum Gasteiger partial charge on any atom is 0.254 e. The summed E-state index contributed by atoms with van der Waals surface area (Å²) in [6, 6.07) is 24.1. The lowest BCUT2D eigenvalue weighted by molar-refractivity contribution is 0.0725. The molecule has 0 N–H and O–H groups in total. The monoisotopic (exact) mass is 423 g/mol. The van der Waals surface area contributed by atoms with Gasteiger partial charge in [-0.2, -0.15) is 5.10 Å². The molecule has 1 aliphatic heterocycles. The quantitative estimate of drug-likeness (QED) is 0.470. The van der Waals surface area contributed by atoms with E-state index >= 15 is 0 Å². The highest BCUT2D eigenvalue weighted by Crippen LogP contribution is 2.34. The smallest absolute Gasteiger partial charge is 0.254 e. The zero-order valence-electron chi connectivity index (χ0n) is 18.2. The number of carbonyl (C=O) groups excluding carboxylic acids is 1. The Labute approximate surface area is 187 Å². The Morgan fingerprint density at radius 2 is 1.81 bits per heavy atom. The van der Waals surface area contributed by atoms with Crippen molar-refractivity contribution in [1.29, 1.82) is 0 Å². The molecule has 32 heavy (non-hydrogen) atoms. The number of aromatic nitrogens is 2. The zero-order valence-corrected chi connectivity index (χ0v) is 18.2. The fourth-order valence-electron chi connectivity index (χ4n) is 4.46. The van der Waals surface area contributed by atoms with Crippen molar-refractivity contribution < 1.29 is 9.53 Å². The molecule has 5 nitrogen and oxygen atoms in total. The van der Waals surface area contributed by atoms with Gasteiger partial charge in [-0.25, -0.2) is 0 Å². The summed E-state index contributed by atoms with van der Waals surface area (Å²) >= 11 is 0. The van der Waals surface area contributed by atoms with E-state index in [1.165, 1.54) is 11.1 Å². The van der Waals surface area contributed by atoms with Crippen LogP contribution in [0.4, 0.5) is 0 Å². The van der Waals surface area contributed by atoms with Gasteiger partial charge >= 0.3 is 0 Å². The van der Waals surface area contributed by atoms with Gasteiger partial charge in [0.25, 0.3) is 5.91 Å². The highest BCUT2D eigenvalue weighted by Gasteiger charge is 2.30. The summed E-state index contributed by atoms with van der Waals surface area (Å²) in [6.45, 7) is 1.25. The Balaban J connectivity index is 1.41. The van der Waals surface area contributed by atoms with Crippen LogP contribution in [0.3, 0.4) is 0 Å². The maximum atomic E-state index is 13.4. The number of benzene rings is 3. The molecule has 0 fully saturated rings. The molecular formula is C27H25N3O2. The van der Waals surface area contributed by atoms with E-state index in [9.17, 15) is 4.79 Å². The Hall–Kier alpha value is -3.86. The first kappa shape index (κ1) is 20.1. The first-order chi connectivity index (χ1) is 15.6. The Morgan fingerprint density at radius 1 is 1.00 bits per heavy atom. The van der Waals surface area contributed by atoms with Crippen LogP contribution in [0.15, 0.2) is 85.2 Å². The van der Waals surface area contributed by atoms with Gasteiger partial charge < -0.3 is 9.64 Å². The molecule has 3 aromatic carbocycles. The van der Waals surface area contributed by atoms with E-state index in [1.54, 1.807) is 7.11 Å². The lowest BCUT2D eigenvalue weighted by Crippen LogP contribution is -2.38. The maximum absolute atomic E-state index is 13.4. The Bertz CT molecular complexity index is 1260. The van der Waals surface area contributed by atoms with Gasteiger partial charge in [-0.05, 0) is 52.1 Å². The van der Waals surface area contributed by atoms with Crippen molar-refractivity contribution in [3.05, 3.63) is 107 Å². The highest BCUT2D eigenvalue weighted by molar-refractivity contribution is 5.95. The number of nitrogens with zero attached hydrogens (tertiary/aromatic N) is 3. The van der Waals surface area contributed by atoms with Crippen molar-refractivity contribution in [3.8, 4) is 16.9 Å². The molecule has 0 aliphatic carbocycles. The summed E-state index contributed by atoms with van der Waals surface area (Å²) in [4.78, 5) is 15.4. The van der Waals surface area contributed by atoms with E-state index < -0.39 is 0 Å². The molecule has 5 heteroatoms. The minimum atomic E-state index is 0.0468. The van der Waals surface area contributed by atoms with Crippen molar-refractivity contribution in [1.82, 2.24) is 14.7 Å². The van der Waals surface area contributed by atoms with E-state index in [1.807, 2.05) is 83.6 Å². The van der Waals surface area contributed by atoms with Crippen molar-refractivity contribution in [3.63, 3.8) is 0 Å². The molecule has 4 aromatic rings. The van der Waals surface area contributed by atoms with Crippen LogP contribution >= 0.6 is 0 Å². The van der Waals surface area contributed by atoms with E-state index in [2.05, 4.69) is 23.3 Å². The van der Waals surface area contributed by atoms with Gasteiger partial charge in [-0.15, -0.1) is 0 Å². The molecule has 0 saturated heterocycles. The number of amides is 1. The van der Waals surface area contributed by atoms with Crippen LogP contribution in [-0.2, 0) is 13.6 Å². The van der Waals surface area contributed by atoms with Gasteiger partial charge in [-0.1, -0.05) is 48.5 Å². The zero-order chi connectivity index (χ0) is 22.1. The van der Waals surface area contributed by atoms with E-state index in [0.717, 1.165) is 22.4 Å². The van der Waals surface area contributed by atoms with Gasteiger partial charge in [0.2, 0.25) is 0 Å². The number of ether oxygens (including phenoxy) is 1. The molecule has 0 spiro atoms. The third kappa shape index (κ3) is 3.78. The number of fused-ring (bicyclic) bond motifs is 1. The predicted octanol–water partition coefficient (Wildman–Crippen LogP) is 4.88. The summed E-state index contributed by atoms with van der Waals surface area (Å²) in [5.74, 6) is 0.982. The van der Waals surface area contributed by atoms with Crippen LogP contribution < -0.4 is 4.74 Å². The van der Waals surface area contributed by atoms with E-state index in [-0.39, 0.29) is 11.8 Å². The average Bonchev–Trinajstić information content (AvgIpc) is 3.29. The number of methoxy groups -OCH3 is 1. The first-order valence-corrected chi connectivity index (χ1v) is 10.7. The molecule has 1 aliphatic rings. The molecule has 2 heterocycles. The Morgan fingerprint density at radius 3 is 2.56 bits per heavy atom. The molecule has 5 rings (SSSR count). The standard InChI is InChI=1S/C27H25N3O2/c1-29-16-23(15-28-29)26-18-30(17-22-6-3-4-9-25(22)26)27(31)20-12-10-19(11-13-20)21-7-5-8-24(14-21)32-2/h3-16,26H,17-18H2,1-2H3. The minimum absolute atomic E-state index is 0.0468. The third-order valence-electron chi connectivity index (χ3n) is 6.14. The molecule has 1 amide bonds. The summed E-state index contributed by atoms with van der Waals surface area (Å²) in [5, 5.41) is 4.35. The van der Waals surface area contributed by atoms with Gasteiger partial charge in [-0.3, -0.25) is 9.48 Å². The topological polar surface area (TPSA) is 47.4 Å². The fraction of sp³-hybridized carbons (Fsp3) is 0.185. The highest BCUT2D eigenvalue weighted by atomic mass is 16.5. The number of hydrogen-bond donors (Lipinski definition) is 0. The van der Waals surface area contributed by atoms with Gasteiger partial charge in [0.15, 0.2) is 0 Å². The summed E-state index contributed by atoms with van der Waals surface area (Å²) in [6.07, 6.45) is 3.94. The molecule has 160 valence electrons. The average molecular weight is 424 g/mol. The number of rotatable bonds is 4.